The summed E-state index contributed by atoms with van der Waals surface area (Å²) in [5, 5.41) is 18.2. The number of methoxy groups -OCH3 is 1. The van der Waals surface area contributed by atoms with E-state index < -0.39 is 5.97 Å². The molecule has 0 radical (unpaired) electrons. The fourth-order valence-electron chi connectivity index (χ4n) is 5.35. The molecule has 8 heteroatoms. The second kappa shape index (κ2) is 10.8. The molecule has 0 saturated heterocycles. The summed E-state index contributed by atoms with van der Waals surface area (Å²) in [7, 11) is 3.42. The van der Waals surface area contributed by atoms with E-state index in [9.17, 15) is 9.90 Å². The van der Waals surface area contributed by atoms with Gasteiger partial charge in [0, 0.05) is 38.2 Å². The molecule has 2 atom stereocenters. The van der Waals surface area contributed by atoms with Crippen molar-refractivity contribution >= 4 is 17.0 Å². The number of hydrogen-bond donors (Lipinski definition) is 1. The summed E-state index contributed by atoms with van der Waals surface area (Å²) in [5.41, 5.74) is 6.80. The third-order valence-corrected chi connectivity index (χ3v) is 7.44. The third kappa shape index (κ3) is 5.22. The molecule has 0 bridgehead atoms. The van der Waals surface area contributed by atoms with Crippen molar-refractivity contribution in [2.45, 2.75) is 51.8 Å². The van der Waals surface area contributed by atoms with E-state index in [-0.39, 0.29) is 18.4 Å². The average molecular weight is 515 g/mol. The van der Waals surface area contributed by atoms with Gasteiger partial charge in [-0.15, -0.1) is 5.10 Å². The molecule has 38 heavy (non-hydrogen) atoms. The van der Waals surface area contributed by atoms with Crippen LogP contribution in [0.1, 0.15) is 53.5 Å². The third-order valence-electron chi connectivity index (χ3n) is 7.44. The molecular weight excluding hydrogens is 480 g/mol. The first-order valence-electron chi connectivity index (χ1n) is 13.0. The molecule has 1 aliphatic rings. The molecule has 0 spiro atoms. The summed E-state index contributed by atoms with van der Waals surface area (Å²) in [5.74, 6) is 0.370. The van der Waals surface area contributed by atoms with Crippen LogP contribution in [0.2, 0.25) is 0 Å². The molecule has 8 nitrogen and oxygen atoms in total. The highest BCUT2D eigenvalue weighted by atomic mass is 16.5. The van der Waals surface area contributed by atoms with Gasteiger partial charge in [0.25, 0.3) is 0 Å². The van der Waals surface area contributed by atoms with Crippen molar-refractivity contribution in [1.82, 2.24) is 19.9 Å². The lowest BCUT2D eigenvalue weighted by molar-refractivity contribution is -0.137. The van der Waals surface area contributed by atoms with Crippen LogP contribution in [0.4, 0.5) is 0 Å². The fraction of sp³-hybridized carbons (Fsp3) is 0.367. The van der Waals surface area contributed by atoms with Crippen molar-refractivity contribution in [3.8, 4) is 11.5 Å². The van der Waals surface area contributed by atoms with Gasteiger partial charge in [0.1, 0.15) is 28.6 Å². The lowest BCUT2D eigenvalue weighted by Crippen LogP contribution is -2.32. The zero-order chi connectivity index (χ0) is 26.8. The molecule has 0 saturated carbocycles. The van der Waals surface area contributed by atoms with Gasteiger partial charge >= 0.3 is 5.97 Å². The molecule has 4 aromatic rings. The first-order chi connectivity index (χ1) is 18.4. The number of para-hydroxylation sites is 1. The van der Waals surface area contributed by atoms with Gasteiger partial charge in [-0.1, -0.05) is 48.5 Å². The lowest BCUT2D eigenvalue weighted by Gasteiger charge is -2.25. The second-order valence-electron chi connectivity index (χ2n) is 10.1. The number of aliphatic carboxylic acids is 1. The maximum Gasteiger partial charge on any atom is 0.304 e. The predicted octanol–water partition coefficient (Wildman–Crippen LogP) is 5.07. The van der Waals surface area contributed by atoms with Crippen LogP contribution in [0.3, 0.4) is 0 Å². The van der Waals surface area contributed by atoms with Crippen LogP contribution in [-0.4, -0.2) is 50.7 Å². The maximum atomic E-state index is 12.0. The van der Waals surface area contributed by atoms with Crippen molar-refractivity contribution in [2.24, 2.45) is 7.05 Å². The molecular formula is C30H34N4O4. The molecule has 0 aliphatic carbocycles. The first-order valence-corrected chi connectivity index (χ1v) is 13.0. The van der Waals surface area contributed by atoms with Crippen molar-refractivity contribution in [3.63, 3.8) is 0 Å². The number of rotatable bonds is 8. The van der Waals surface area contributed by atoms with E-state index in [2.05, 4.69) is 53.3 Å². The Hall–Kier alpha value is -3.91. The van der Waals surface area contributed by atoms with Crippen LogP contribution in [0.5, 0.6) is 11.5 Å². The highest BCUT2D eigenvalue weighted by Crippen LogP contribution is 2.36. The van der Waals surface area contributed by atoms with E-state index in [1.165, 1.54) is 16.7 Å². The van der Waals surface area contributed by atoms with E-state index in [1.807, 2.05) is 37.4 Å². The van der Waals surface area contributed by atoms with Crippen LogP contribution >= 0.6 is 0 Å². The highest BCUT2D eigenvalue weighted by Gasteiger charge is 2.25. The second-order valence-corrected chi connectivity index (χ2v) is 10.1. The zero-order valence-electron chi connectivity index (χ0n) is 22.3. The lowest BCUT2D eigenvalue weighted by atomic mass is 9.86. The smallest absolute Gasteiger partial charge is 0.304 e. The minimum absolute atomic E-state index is 0.0414. The van der Waals surface area contributed by atoms with E-state index in [0.717, 1.165) is 48.4 Å². The summed E-state index contributed by atoms with van der Waals surface area (Å²) in [6.45, 7) is 6.64. The SMILES string of the molecule is CCC1CN(Cc2cc(C(CC(=O)O)c3cc(OC)c4c(c3)nnn4C)ccc2C)Cc2ccccc2O1. The van der Waals surface area contributed by atoms with E-state index in [0.29, 0.717) is 11.3 Å². The van der Waals surface area contributed by atoms with Gasteiger partial charge in [-0.25, -0.2) is 4.68 Å². The molecule has 2 unspecified atom stereocenters. The van der Waals surface area contributed by atoms with Gasteiger partial charge in [-0.2, -0.15) is 0 Å². The minimum atomic E-state index is -0.859. The monoisotopic (exact) mass is 514 g/mol. The number of nitrogens with zero attached hydrogens (tertiary/aromatic N) is 4. The number of ether oxygens (including phenoxy) is 2. The zero-order valence-corrected chi connectivity index (χ0v) is 22.3. The molecule has 1 aliphatic heterocycles. The van der Waals surface area contributed by atoms with Gasteiger partial charge in [0.05, 0.1) is 13.5 Å². The Balaban J connectivity index is 1.50. The summed E-state index contributed by atoms with van der Waals surface area (Å²) in [6.07, 6.45) is 1.00. The molecule has 3 aromatic carbocycles. The normalized spacial score (nSPS) is 16.5. The van der Waals surface area contributed by atoms with Crippen molar-refractivity contribution in [2.75, 3.05) is 13.7 Å². The van der Waals surface area contributed by atoms with Crippen LogP contribution < -0.4 is 9.47 Å². The number of carboxylic acid groups (broad SMARTS) is 1. The molecule has 1 N–H and O–H groups in total. The largest absolute Gasteiger partial charge is 0.494 e. The molecule has 198 valence electrons. The van der Waals surface area contributed by atoms with Crippen LogP contribution in [0.15, 0.2) is 54.6 Å². The van der Waals surface area contributed by atoms with Gasteiger partial charge in [0.2, 0.25) is 0 Å². The molecule has 0 amide bonds. The van der Waals surface area contributed by atoms with Gasteiger partial charge in [-0.3, -0.25) is 9.69 Å². The molecule has 2 heterocycles. The van der Waals surface area contributed by atoms with Gasteiger partial charge < -0.3 is 14.6 Å². The van der Waals surface area contributed by atoms with Gasteiger partial charge in [-0.05, 0) is 53.8 Å². The number of aromatic nitrogens is 3. The molecule has 1 aromatic heterocycles. The fourth-order valence-corrected chi connectivity index (χ4v) is 5.35. The topological polar surface area (TPSA) is 89.7 Å². The summed E-state index contributed by atoms with van der Waals surface area (Å²) in [6, 6.07) is 18.4. The summed E-state index contributed by atoms with van der Waals surface area (Å²) in [4.78, 5) is 14.4. The Labute approximate surface area is 222 Å². The summed E-state index contributed by atoms with van der Waals surface area (Å²) < 4.78 is 13.6. The predicted molar refractivity (Wildman–Crippen MR) is 146 cm³/mol. The molecule has 0 fully saturated rings. The number of fused-ring (bicyclic) bond motifs is 2. The number of hydrogen-bond acceptors (Lipinski definition) is 6. The van der Waals surface area contributed by atoms with Crippen molar-refractivity contribution in [1.29, 1.82) is 0 Å². The number of aryl methyl sites for hydroxylation is 2. The van der Waals surface area contributed by atoms with Crippen LogP contribution in [0, 0.1) is 6.92 Å². The van der Waals surface area contributed by atoms with E-state index in [4.69, 9.17) is 9.47 Å². The Morgan fingerprint density at radius 2 is 2.00 bits per heavy atom. The number of carboxylic acids is 1. The Kier molecular flexibility index (Phi) is 7.33. The minimum Gasteiger partial charge on any atom is -0.494 e. The van der Waals surface area contributed by atoms with Gasteiger partial charge in [0.15, 0.2) is 0 Å². The quantitative estimate of drug-likeness (QED) is 0.351. The van der Waals surface area contributed by atoms with E-state index in [1.54, 1.807) is 11.8 Å². The average Bonchev–Trinajstić information content (AvgIpc) is 3.18. The van der Waals surface area contributed by atoms with Crippen molar-refractivity contribution < 1.29 is 19.4 Å². The van der Waals surface area contributed by atoms with Crippen LogP contribution in [0.25, 0.3) is 11.0 Å². The van der Waals surface area contributed by atoms with Crippen LogP contribution in [-0.2, 0) is 24.9 Å². The first kappa shape index (κ1) is 25.7. The Bertz CT molecular complexity index is 1460. The maximum absolute atomic E-state index is 12.0. The molecule has 5 rings (SSSR count). The standard InChI is InChI=1S/C30H34N4O4/c1-5-24-18-34(16-21-8-6-7-9-27(21)38-24)17-23-12-20(11-10-19(23)2)25(15-29(35)36)22-13-26-30(28(14-22)37-4)33(3)32-31-26/h6-14,24-25H,5,15-18H2,1-4H3,(H,35,36). The van der Waals surface area contributed by atoms with Crippen molar-refractivity contribution in [3.05, 3.63) is 82.4 Å². The highest BCUT2D eigenvalue weighted by molar-refractivity contribution is 5.83. The Morgan fingerprint density at radius 1 is 1.18 bits per heavy atom. The van der Waals surface area contributed by atoms with E-state index >= 15 is 0 Å². The summed E-state index contributed by atoms with van der Waals surface area (Å²) >= 11 is 0. The Morgan fingerprint density at radius 3 is 2.76 bits per heavy atom. The number of benzene rings is 3. The number of carbonyl (C=O) groups is 1.